The summed E-state index contributed by atoms with van der Waals surface area (Å²) in [6.45, 7) is 5.92. The van der Waals surface area contributed by atoms with Crippen molar-refractivity contribution in [2.24, 2.45) is 0 Å². The lowest BCUT2D eigenvalue weighted by Crippen LogP contribution is -2.16. The van der Waals surface area contributed by atoms with E-state index in [0.717, 1.165) is 16.8 Å². The van der Waals surface area contributed by atoms with Crippen molar-refractivity contribution < 1.29 is 8.42 Å². The van der Waals surface area contributed by atoms with Crippen molar-refractivity contribution in [2.45, 2.75) is 32.2 Å². The van der Waals surface area contributed by atoms with Crippen molar-refractivity contribution in [2.75, 3.05) is 4.72 Å². The minimum absolute atomic E-state index is 0.0221. The largest absolute Gasteiger partial charge is 0.267 e. The lowest BCUT2D eigenvalue weighted by atomic mass is 10.1. The van der Waals surface area contributed by atoms with Crippen LogP contribution in [0.2, 0.25) is 0 Å². The van der Waals surface area contributed by atoms with Gasteiger partial charge >= 0.3 is 0 Å². The van der Waals surface area contributed by atoms with Gasteiger partial charge in [-0.3, -0.25) is 0 Å². The van der Waals surface area contributed by atoms with Crippen molar-refractivity contribution in [3.05, 3.63) is 83.4 Å². The zero-order chi connectivity index (χ0) is 21.3. The highest BCUT2D eigenvalue weighted by atomic mass is 32.2. The molecule has 4 aromatic rings. The summed E-state index contributed by atoms with van der Waals surface area (Å²) in [5.41, 5.74) is 3.92. The van der Waals surface area contributed by atoms with E-state index in [1.54, 1.807) is 23.2 Å². The van der Waals surface area contributed by atoms with E-state index in [-0.39, 0.29) is 10.8 Å². The number of nitrogens with zero attached hydrogens (tertiary/aromatic N) is 5. The molecule has 0 fully saturated rings. The summed E-state index contributed by atoms with van der Waals surface area (Å²) in [4.78, 5) is 4.23. The first kappa shape index (κ1) is 19.8. The molecule has 0 aliphatic carbocycles. The van der Waals surface area contributed by atoms with E-state index < -0.39 is 10.0 Å². The van der Waals surface area contributed by atoms with Gasteiger partial charge in [0.05, 0.1) is 23.6 Å². The molecule has 2 aromatic heterocycles. The summed E-state index contributed by atoms with van der Waals surface area (Å²) in [7, 11) is -3.90. The second-order valence-electron chi connectivity index (χ2n) is 7.11. The molecule has 0 saturated heterocycles. The van der Waals surface area contributed by atoms with Gasteiger partial charge in [0.1, 0.15) is 11.2 Å². The summed E-state index contributed by atoms with van der Waals surface area (Å²) in [6, 6.07) is 17.4. The molecule has 4 rings (SSSR count). The monoisotopic (exact) mass is 422 g/mol. The van der Waals surface area contributed by atoms with E-state index in [1.165, 1.54) is 6.33 Å². The molecule has 0 aliphatic rings. The number of benzene rings is 2. The molecule has 0 aliphatic heterocycles. The standard InChI is InChI=1S/C21H22N6O2S/c1-15-8-7-9-18(12-15)13-26-14-22-21(24-26)25-30(28,29)20-16(2)23-27(17(20)3)19-10-5-4-6-11-19/h4-12,14H,13H2,1-3H3,(H,24,25). The van der Waals surface area contributed by atoms with Gasteiger partial charge in [-0.25, -0.2) is 22.5 Å². The minimum atomic E-state index is -3.90. The average Bonchev–Trinajstić information content (AvgIpc) is 3.25. The van der Waals surface area contributed by atoms with Crippen LogP contribution < -0.4 is 4.72 Å². The molecule has 30 heavy (non-hydrogen) atoms. The van der Waals surface area contributed by atoms with Crippen LogP contribution in [-0.2, 0) is 16.6 Å². The Morgan fingerprint density at radius 1 is 0.967 bits per heavy atom. The van der Waals surface area contributed by atoms with Gasteiger partial charge in [0.2, 0.25) is 0 Å². The molecule has 0 unspecified atom stereocenters. The molecule has 0 spiro atoms. The topological polar surface area (TPSA) is 94.7 Å². The number of aromatic nitrogens is 5. The number of anilines is 1. The van der Waals surface area contributed by atoms with Crippen LogP contribution in [0.3, 0.4) is 0 Å². The Kier molecular flexibility index (Phi) is 5.13. The van der Waals surface area contributed by atoms with E-state index in [4.69, 9.17) is 0 Å². The highest BCUT2D eigenvalue weighted by molar-refractivity contribution is 7.92. The molecule has 0 saturated carbocycles. The number of aryl methyl sites for hydroxylation is 2. The second-order valence-corrected chi connectivity index (χ2v) is 8.73. The van der Waals surface area contributed by atoms with Gasteiger partial charge in [-0.05, 0) is 38.5 Å². The number of nitrogens with one attached hydrogen (secondary N) is 1. The van der Waals surface area contributed by atoms with Crippen LogP contribution in [0.4, 0.5) is 5.95 Å². The van der Waals surface area contributed by atoms with E-state index in [9.17, 15) is 8.42 Å². The predicted octanol–water partition coefficient (Wildman–Crippen LogP) is 3.24. The summed E-state index contributed by atoms with van der Waals surface area (Å²) >= 11 is 0. The highest BCUT2D eigenvalue weighted by Gasteiger charge is 2.26. The molecule has 0 atom stereocenters. The van der Waals surface area contributed by atoms with Crippen molar-refractivity contribution >= 4 is 16.0 Å². The summed E-state index contributed by atoms with van der Waals surface area (Å²) in [6.07, 6.45) is 1.51. The van der Waals surface area contributed by atoms with Gasteiger partial charge in [-0.2, -0.15) is 10.1 Å². The lowest BCUT2D eigenvalue weighted by molar-refractivity contribution is 0.599. The van der Waals surface area contributed by atoms with E-state index in [2.05, 4.69) is 26.0 Å². The molecule has 0 radical (unpaired) electrons. The van der Waals surface area contributed by atoms with Crippen molar-refractivity contribution in [1.82, 2.24) is 24.5 Å². The SMILES string of the molecule is Cc1cccc(Cn2cnc(NS(=O)(=O)c3c(C)nn(-c4ccccc4)c3C)n2)c1. The second kappa shape index (κ2) is 7.75. The minimum Gasteiger partial charge on any atom is -0.246 e. The lowest BCUT2D eigenvalue weighted by Gasteiger charge is -2.07. The quantitative estimate of drug-likeness (QED) is 0.515. The Labute approximate surface area is 175 Å². The first-order chi connectivity index (χ1) is 14.3. The van der Waals surface area contributed by atoms with Crippen LogP contribution in [0.5, 0.6) is 0 Å². The third-order valence-electron chi connectivity index (χ3n) is 4.68. The van der Waals surface area contributed by atoms with Crippen molar-refractivity contribution in [3.63, 3.8) is 0 Å². The predicted molar refractivity (Wildman–Crippen MR) is 114 cm³/mol. The first-order valence-corrected chi connectivity index (χ1v) is 10.9. The number of hydrogen-bond acceptors (Lipinski definition) is 5. The Bertz CT molecular complexity index is 1290. The summed E-state index contributed by atoms with van der Waals surface area (Å²) in [5.74, 6) is 0.0221. The first-order valence-electron chi connectivity index (χ1n) is 9.43. The maximum atomic E-state index is 13.0. The fraction of sp³-hybridized carbons (Fsp3) is 0.190. The Balaban J connectivity index is 1.58. The molecule has 9 heteroatoms. The smallest absolute Gasteiger partial charge is 0.246 e. The average molecular weight is 423 g/mol. The Hall–Kier alpha value is -3.46. The number of sulfonamides is 1. The Morgan fingerprint density at radius 2 is 1.73 bits per heavy atom. The van der Waals surface area contributed by atoms with Crippen LogP contribution in [0.15, 0.2) is 65.8 Å². The molecule has 154 valence electrons. The molecular weight excluding hydrogens is 400 g/mol. The van der Waals surface area contributed by atoms with Gasteiger partial charge in [0, 0.05) is 0 Å². The third kappa shape index (κ3) is 3.97. The van der Waals surface area contributed by atoms with E-state index in [1.807, 2.05) is 55.5 Å². The van der Waals surface area contributed by atoms with Gasteiger partial charge in [0.15, 0.2) is 0 Å². The summed E-state index contributed by atoms with van der Waals surface area (Å²) < 4.78 is 31.8. The number of hydrogen-bond donors (Lipinski definition) is 1. The number of para-hydroxylation sites is 1. The fourth-order valence-corrected chi connectivity index (χ4v) is 4.77. The molecule has 8 nitrogen and oxygen atoms in total. The molecule has 0 amide bonds. The van der Waals surface area contributed by atoms with Crippen LogP contribution in [-0.4, -0.2) is 33.0 Å². The molecule has 1 N–H and O–H groups in total. The van der Waals surface area contributed by atoms with Crippen LogP contribution in [0.25, 0.3) is 5.69 Å². The summed E-state index contributed by atoms with van der Waals surface area (Å²) in [5, 5.41) is 8.67. The highest BCUT2D eigenvalue weighted by Crippen LogP contribution is 2.24. The third-order valence-corrected chi connectivity index (χ3v) is 6.26. The Morgan fingerprint density at radius 3 is 2.47 bits per heavy atom. The van der Waals surface area contributed by atoms with Gasteiger partial charge in [0.25, 0.3) is 16.0 Å². The zero-order valence-corrected chi connectivity index (χ0v) is 17.8. The zero-order valence-electron chi connectivity index (χ0n) is 16.9. The molecule has 2 heterocycles. The fourth-order valence-electron chi connectivity index (χ4n) is 3.42. The van der Waals surface area contributed by atoms with E-state index in [0.29, 0.717) is 17.9 Å². The van der Waals surface area contributed by atoms with Gasteiger partial charge in [-0.1, -0.05) is 48.0 Å². The maximum Gasteiger partial charge on any atom is 0.267 e. The van der Waals surface area contributed by atoms with Gasteiger partial charge < -0.3 is 0 Å². The normalized spacial score (nSPS) is 11.6. The molecule has 2 aromatic carbocycles. The molecule has 0 bridgehead atoms. The van der Waals surface area contributed by atoms with Crippen LogP contribution in [0.1, 0.15) is 22.5 Å². The van der Waals surface area contributed by atoms with Crippen LogP contribution >= 0.6 is 0 Å². The van der Waals surface area contributed by atoms with Crippen molar-refractivity contribution in [3.8, 4) is 5.69 Å². The van der Waals surface area contributed by atoms with Gasteiger partial charge in [-0.15, -0.1) is 5.10 Å². The van der Waals surface area contributed by atoms with Crippen molar-refractivity contribution in [1.29, 1.82) is 0 Å². The van der Waals surface area contributed by atoms with Crippen LogP contribution in [0, 0.1) is 20.8 Å². The molecular formula is C21H22N6O2S. The number of rotatable bonds is 6. The maximum absolute atomic E-state index is 13.0. The van der Waals surface area contributed by atoms with E-state index >= 15 is 0 Å².